The van der Waals surface area contributed by atoms with E-state index < -0.39 is 0 Å². The third-order valence-electron chi connectivity index (χ3n) is 2.53. The summed E-state index contributed by atoms with van der Waals surface area (Å²) in [6, 6.07) is 0.638. The molecule has 0 fully saturated rings. The highest BCUT2D eigenvalue weighted by Crippen LogP contribution is 2.09. The van der Waals surface area contributed by atoms with Crippen LogP contribution in [0.15, 0.2) is 12.3 Å². The van der Waals surface area contributed by atoms with Crippen LogP contribution in [0.2, 0.25) is 0 Å². The fraction of sp³-hybridized carbons (Fsp3) is 0.778. The van der Waals surface area contributed by atoms with Crippen LogP contribution in [-0.4, -0.2) is 31.1 Å². The molecule has 1 aliphatic rings. The van der Waals surface area contributed by atoms with Crippen LogP contribution in [-0.2, 0) is 0 Å². The van der Waals surface area contributed by atoms with Crippen molar-refractivity contribution in [3.63, 3.8) is 0 Å². The van der Waals surface area contributed by atoms with Crippen molar-refractivity contribution < 1.29 is 0 Å². The van der Waals surface area contributed by atoms with Crippen molar-refractivity contribution in [1.29, 1.82) is 0 Å². The van der Waals surface area contributed by atoms with Crippen LogP contribution in [0.25, 0.3) is 0 Å². The SMILES string of the molecule is CC1CNC/C=C\N(C)C1C. The maximum absolute atomic E-state index is 3.37. The lowest BCUT2D eigenvalue weighted by atomic mass is 10.0. The third-order valence-corrected chi connectivity index (χ3v) is 2.53. The molecule has 0 bridgehead atoms. The summed E-state index contributed by atoms with van der Waals surface area (Å²) in [6.45, 7) is 6.67. The zero-order chi connectivity index (χ0) is 8.27. The molecule has 0 radical (unpaired) electrons. The lowest BCUT2D eigenvalue weighted by Crippen LogP contribution is -2.38. The van der Waals surface area contributed by atoms with E-state index in [1.54, 1.807) is 0 Å². The van der Waals surface area contributed by atoms with Crippen molar-refractivity contribution in [3.05, 3.63) is 12.3 Å². The molecule has 1 rings (SSSR count). The fourth-order valence-corrected chi connectivity index (χ4v) is 1.32. The Labute approximate surface area is 69.3 Å². The fourth-order valence-electron chi connectivity index (χ4n) is 1.32. The molecular weight excluding hydrogens is 136 g/mol. The zero-order valence-corrected chi connectivity index (χ0v) is 7.67. The highest BCUT2D eigenvalue weighted by Gasteiger charge is 2.14. The van der Waals surface area contributed by atoms with Gasteiger partial charge in [-0.2, -0.15) is 0 Å². The van der Waals surface area contributed by atoms with Crippen LogP contribution >= 0.6 is 0 Å². The van der Waals surface area contributed by atoms with E-state index in [-0.39, 0.29) is 0 Å². The zero-order valence-electron chi connectivity index (χ0n) is 7.67. The van der Waals surface area contributed by atoms with Gasteiger partial charge in [0.25, 0.3) is 0 Å². The Morgan fingerprint density at radius 2 is 2.18 bits per heavy atom. The summed E-state index contributed by atoms with van der Waals surface area (Å²) in [6.07, 6.45) is 4.33. The summed E-state index contributed by atoms with van der Waals surface area (Å²) in [5.41, 5.74) is 0. The summed E-state index contributed by atoms with van der Waals surface area (Å²) in [5, 5.41) is 3.37. The van der Waals surface area contributed by atoms with E-state index in [0.717, 1.165) is 19.0 Å². The van der Waals surface area contributed by atoms with E-state index in [0.29, 0.717) is 6.04 Å². The van der Waals surface area contributed by atoms with Gasteiger partial charge in [-0.1, -0.05) is 13.0 Å². The van der Waals surface area contributed by atoms with Gasteiger partial charge < -0.3 is 10.2 Å². The topological polar surface area (TPSA) is 15.3 Å². The number of hydrogen-bond donors (Lipinski definition) is 1. The molecule has 2 heteroatoms. The molecule has 11 heavy (non-hydrogen) atoms. The van der Waals surface area contributed by atoms with Crippen LogP contribution in [0, 0.1) is 5.92 Å². The summed E-state index contributed by atoms with van der Waals surface area (Å²) < 4.78 is 0. The molecule has 1 heterocycles. The van der Waals surface area contributed by atoms with Crippen LogP contribution < -0.4 is 5.32 Å². The van der Waals surface area contributed by atoms with Crippen molar-refractivity contribution >= 4 is 0 Å². The van der Waals surface area contributed by atoms with Gasteiger partial charge in [-0.25, -0.2) is 0 Å². The summed E-state index contributed by atoms with van der Waals surface area (Å²) >= 11 is 0. The molecule has 0 saturated carbocycles. The predicted molar refractivity (Wildman–Crippen MR) is 48.4 cm³/mol. The lowest BCUT2D eigenvalue weighted by molar-refractivity contribution is 0.255. The van der Waals surface area contributed by atoms with Crippen LogP contribution in [0.5, 0.6) is 0 Å². The molecule has 2 unspecified atom stereocenters. The third kappa shape index (κ3) is 2.22. The summed E-state index contributed by atoms with van der Waals surface area (Å²) in [5.74, 6) is 0.727. The summed E-state index contributed by atoms with van der Waals surface area (Å²) in [7, 11) is 2.14. The number of rotatable bonds is 0. The van der Waals surface area contributed by atoms with Gasteiger partial charge in [-0.05, 0) is 25.6 Å². The molecule has 2 nitrogen and oxygen atoms in total. The minimum Gasteiger partial charge on any atom is -0.378 e. The molecule has 2 atom stereocenters. The van der Waals surface area contributed by atoms with Crippen LogP contribution in [0.3, 0.4) is 0 Å². The van der Waals surface area contributed by atoms with E-state index in [2.05, 4.69) is 43.4 Å². The lowest BCUT2D eigenvalue weighted by Gasteiger charge is -2.30. The largest absolute Gasteiger partial charge is 0.378 e. The quantitative estimate of drug-likeness (QED) is 0.561. The summed E-state index contributed by atoms with van der Waals surface area (Å²) in [4.78, 5) is 2.28. The molecule has 1 N–H and O–H groups in total. The molecule has 1 aliphatic heterocycles. The van der Waals surface area contributed by atoms with Gasteiger partial charge in [0.2, 0.25) is 0 Å². The Morgan fingerprint density at radius 3 is 2.91 bits per heavy atom. The van der Waals surface area contributed by atoms with Crippen LogP contribution in [0.4, 0.5) is 0 Å². The van der Waals surface area contributed by atoms with Crippen molar-refractivity contribution in [3.8, 4) is 0 Å². The highest BCUT2D eigenvalue weighted by molar-refractivity contribution is 4.89. The van der Waals surface area contributed by atoms with Crippen molar-refractivity contribution in [1.82, 2.24) is 10.2 Å². The van der Waals surface area contributed by atoms with E-state index in [1.807, 2.05) is 0 Å². The molecule has 64 valence electrons. The van der Waals surface area contributed by atoms with Gasteiger partial charge in [0, 0.05) is 19.6 Å². The van der Waals surface area contributed by atoms with Crippen molar-refractivity contribution in [2.75, 3.05) is 20.1 Å². The van der Waals surface area contributed by atoms with Gasteiger partial charge >= 0.3 is 0 Å². The Hall–Kier alpha value is -0.500. The normalized spacial score (nSPS) is 36.1. The molecule has 0 aromatic carbocycles. The molecule has 0 aromatic heterocycles. The molecule has 0 aliphatic carbocycles. The maximum Gasteiger partial charge on any atom is 0.0290 e. The average Bonchev–Trinajstić information content (AvgIpc) is 2.00. The van der Waals surface area contributed by atoms with Gasteiger partial charge in [-0.15, -0.1) is 0 Å². The molecule has 0 saturated heterocycles. The predicted octanol–water partition coefficient (Wildman–Crippen LogP) is 1.06. The Balaban J connectivity index is 2.57. The number of nitrogens with zero attached hydrogens (tertiary/aromatic N) is 1. The highest BCUT2D eigenvalue weighted by atomic mass is 15.1. The Kier molecular flexibility index (Phi) is 2.94. The van der Waals surface area contributed by atoms with E-state index in [1.165, 1.54) is 0 Å². The molecule has 0 spiro atoms. The van der Waals surface area contributed by atoms with E-state index >= 15 is 0 Å². The van der Waals surface area contributed by atoms with Gasteiger partial charge in [0.05, 0.1) is 0 Å². The maximum atomic E-state index is 3.37. The minimum atomic E-state index is 0.638. The molecular formula is C9H18N2. The van der Waals surface area contributed by atoms with Crippen molar-refractivity contribution in [2.24, 2.45) is 5.92 Å². The first-order valence-corrected chi connectivity index (χ1v) is 4.31. The van der Waals surface area contributed by atoms with E-state index in [4.69, 9.17) is 0 Å². The van der Waals surface area contributed by atoms with Gasteiger partial charge in [-0.3, -0.25) is 0 Å². The van der Waals surface area contributed by atoms with E-state index in [9.17, 15) is 0 Å². The van der Waals surface area contributed by atoms with Gasteiger partial charge in [0.15, 0.2) is 0 Å². The van der Waals surface area contributed by atoms with Crippen LogP contribution in [0.1, 0.15) is 13.8 Å². The first-order valence-electron chi connectivity index (χ1n) is 4.31. The standard InChI is InChI=1S/C9H18N2/c1-8-7-10-5-4-6-11(3)9(8)2/h4,6,8-10H,5,7H2,1-3H3/b6-4-. The first kappa shape index (κ1) is 8.60. The average molecular weight is 154 g/mol. The minimum absolute atomic E-state index is 0.638. The number of hydrogen-bond acceptors (Lipinski definition) is 2. The first-order chi connectivity index (χ1) is 5.22. The molecule has 0 aromatic rings. The monoisotopic (exact) mass is 154 g/mol. The Bertz CT molecular complexity index is 142. The molecule has 0 amide bonds. The second-order valence-electron chi connectivity index (χ2n) is 3.43. The second-order valence-corrected chi connectivity index (χ2v) is 3.43. The smallest absolute Gasteiger partial charge is 0.0290 e. The Morgan fingerprint density at radius 1 is 1.45 bits per heavy atom. The van der Waals surface area contributed by atoms with Crippen molar-refractivity contribution in [2.45, 2.75) is 19.9 Å². The second kappa shape index (κ2) is 3.77. The number of nitrogens with one attached hydrogen (secondary N) is 1. The van der Waals surface area contributed by atoms with Gasteiger partial charge in [0.1, 0.15) is 0 Å².